The third-order valence-electron chi connectivity index (χ3n) is 11.1. The van der Waals surface area contributed by atoms with E-state index in [-0.39, 0.29) is 35.7 Å². The molecule has 16 nitrogen and oxygen atoms in total. The Hall–Kier alpha value is -6.32. The predicted molar refractivity (Wildman–Crippen MR) is 220 cm³/mol. The number of carbonyl (C=O) groups excluding carboxylic acids is 4. The zero-order chi connectivity index (χ0) is 41.8. The number of aromatic amines is 2. The molecule has 16 heteroatoms. The van der Waals surface area contributed by atoms with E-state index < -0.39 is 24.3 Å². The number of hydrogen-bond acceptors (Lipinski definition) is 10. The maximum Gasteiger partial charge on any atom is 0.407 e. The molecule has 0 aliphatic carbocycles. The number of alkyl carbamates (subject to hydrolysis) is 2. The molecule has 2 aromatic carbocycles. The first-order valence-electron chi connectivity index (χ1n) is 20.2. The van der Waals surface area contributed by atoms with E-state index in [1.54, 1.807) is 23.5 Å². The van der Waals surface area contributed by atoms with E-state index >= 15 is 0 Å². The van der Waals surface area contributed by atoms with Crippen LogP contribution in [0.3, 0.4) is 0 Å². The number of ether oxygens (including phenoxy) is 2. The van der Waals surface area contributed by atoms with Crippen LogP contribution in [-0.2, 0) is 19.1 Å². The van der Waals surface area contributed by atoms with Crippen LogP contribution < -0.4 is 10.6 Å². The molecular weight excluding hydrogens is 753 g/mol. The van der Waals surface area contributed by atoms with E-state index in [0.717, 1.165) is 70.5 Å². The fourth-order valence-electron chi connectivity index (χ4n) is 8.05. The van der Waals surface area contributed by atoms with Crippen molar-refractivity contribution in [1.82, 2.24) is 50.3 Å². The Morgan fingerprint density at radius 3 is 1.86 bits per heavy atom. The van der Waals surface area contributed by atoms with Crippen LogP contribution in [0.4, 0.5) is 9.59 Å². The molecule has 0 bridgehead atoms. The monoisotopic (exact) mass is 804 g/mol. The summed E-state index contributed by atoms with van der Waals surface area (Å²) >= 11 is 0. The minimum atomic E-state index is -0.698. The number of fused-ring (bicyclic) bond motifs is 1. The van der Waals surface area contributed by atoms with Gasteiger partial charge < -0.3 is 39.9 Å². The number of amides is 4. The van der Waals surface area contributed by atoms with Crippen molar-refractivity contribution in [3.63, 3.8) is 0 Å². The number of imidazole rings is 2. The van der Waals surface area contributed by atoms with Crippen LogP contribution in [0, 0.1) is 11.8 Å². The summed E-state index contributed by atoms with van der Waals surface area (Å²) in [6.07, 6.45) is 7.77. The molecule has 59 heavy (non-hydrogen) atoms. The van der Waals surface area contributed by atoms with E-state index in [2.05, 4.69) is 30.6 Å². The molecule has 0 radical (unpaired) electrons. The van der Waals surface area contributed by atoms with Crippen LogP contribution in [-0.4, -0.2) is 103 Å². The van der Waals surface area contributed by atoms with Gasteiger partial charge in [0.25, 0.3) is 0 Å². The number of methoxy groups -OCH3 is 2. The fourth-order valence-corrected chi connectivity index (χ4v) is 8.05. The number of nitrogens with one attached hydrogen (secondary N) is 4. The number of H-pyrrole nitrogens is 2. The lowest BCUT2D eigenvalue weighted by molar-refractivity contribution is -0.136. The van der Waals surface area contributed by atoms with Gasteiger partial charge in [-0.25, -0.2) is 24.5 Å². The zero-order valence-electron chi connectivity index (χ0n) is 34.3. The second-order valence-electron chi connectivity index (χ2n) is 16.0. The maximum absolute atomic E-state index is 13.7. The average molecular weight is 805 g/mol. The molecule has 4 amide bonds. The number of likely N-dealkylation sites (tertiary alicyclic amines) is 2. The first-order valence-corrected chi connectivity index (χ1v) is 20.2. The number of carbonyl (C=O) groups is 4. The Kier molecular flexibility index (Phi) is 12.2. The largest absolute Gasteiger partial charge is 0.453 e. The van der Waals surface area contributed by atoms with Crippen LogP contribution in [0.5, 0.6) is 0 Å². The molecule has 7 rings (SSSR count). The molecule has 0 spiro atoms. The lowest BCUT2D eigenvalue weighted by Crippen LogP contribution is -2.51. The topological polar surface area (TPSA) is 200 Å². The highest BCUT2D eigenvalue weighted by Crippen LogP contribution is 2.35. The molecule has 2 fully saturated rings. The first kappa shape index (κ1) is 40.9. The van der Waals surface area contributed by atoms with Crippen molar-refractivity contribution in [1.29, 1.82) is 0 Å². The smallest absolute Gasteiger partial charge is 0.407 e. The molecule has 2 aliphatic heterocycles. The highest BCUT2D eigenvalue weighted by atomic mass is 16.5. The summed E-state index contributed by atoms with van der Waals surface area (Å²) in [5.74, 6) is 1.20. The van der Waals surface area contributed by atoms with Gasteiger partial charge in [0, 0.05) is 24.2 Å². The number of rotatable bonds is 12. The lowest BCUT2D eigenvalue weighted by atomic mass is 10.0. The van der Waals surface area contributed by atoms with Crippen LogP contribution in [0.25, 0.3) is 44.8 Å². The van der Waals surface area contributed by atoms with Crippen molar-refractivity contribution in [3.8, 4) is 33.8 Å². The molecule has 4 N–H and O–H groups in total. The number of nitrogens with zero attached hydrogens (tertiary/aromatic N) is 6. The Balaban J connectivity index is 1.02. The molecule has 0 saturated carbocycles. The van der Waals surface area contributed by atoms with E-state index in [1.807, 2.05) is 75.1 Å². The third-order valence-corrected chi connectivity index (χ3v) is 11.1. The molecule has 1 unspecified atom stereocenters. The number of benzene rings is 2. The first-order chi connectivity index (χ1) is 28.4. The van der Waals surface area contributed by atoms with E-state index in [9.17, 15) is 19.2 Å². The van der Waals surface area contributed by atoms with Gasteiger partial charge in [-0.3, -0.25) is 14.6 Å². The van der Waals surface area contributed by atoms with Gasteiger partial charge in [-0.2, -0.15) is 0 Å². The minimum Gasteiger partial charge on any atom is -0.453 e. The summed E-state index contributed by atoms with van der Waals surface area (Å²) in [5, 5.41) is 5.41. The van der Waals surface area contributed by atoms with Gasteiger partial charge >= 0.3 is 12.2 Å². The quantitative estimate of drug-likeness (QED) is 0.107. The van der Waals surface area contributed by atoms with Crippen molar-refractivity contribution >= 4 is 35.0 Å². The SMILES string of the molecule is COC(=O)N[C@H](C(=O)N1CCC[C@H]1c1ncc(-c2ccc(-c3cnc4cc(-c5cnc(C6CCCN6C(=O)[C@@H](CC(C)C)NC(=O)OC)[nH]5)ccc4n3)cc2)[nH]1)C(C)C. The molecule has 5 heterocycles. The number of aromatic nitrogens is 6. The molecule has 2 saturated heterocycles. The van der Waals surface area contributed by atoms with Crippen LogP contribution >= 0.6 is 0 Å². The van der Waals surface area contributed by atoms with Gasteiger partial charge in [0.1, 0.15) is 23.7 Å². The summed E-state index contributed by atoms with van der Waals surface area (Å²) in [6, 6.07) is 12.1. The van der Waals surface area contributed by atoms with Gasteiger partial charge in [0.2, 0.25) is 11.8 Å². The van der Waals surface area contributed by atoms with E-state index in [1.165, 1.54) is 14.2 Å². The molecule has 5 aromatic rings. The van der Waals surface area contributed by atoms with Crippen molar-refractivity contribution in [3.05, 3.63) is 72.7 Å². The Morgan fingerprint density at radius 2 is 1.27 bits per heavy atom. The maximum atomic E-state index is 13.7. The van der Waals surface area contributed by atoms with Gasteiger partial charge in [-0.05, 0) is 61.6 Å². The van der Waals surface area contributed by atoms with Crippen molar-refractivity contribution in [2.75, 3.05) is 27.3 Å². The second kappa shape index (κ2) is 17.7. The minimum absolute atomic E-state index is 0.114. The van der Waals surface area contributed by atoms with E-state index in [0.29, 0.717) is 31.2 Å². The van der Waals surface area contributed by atoms with Crippen molar-refractivity contribution in [2.45, 2.75) is 84.0 Å². The van der Waals surface area contributed by atoms with Crippen LogP contribution in [0.1, 0.15) is 83.5 Å². The Labute approximate surface area is 342 Å². The zero-order valence-corrected chi connectivity index (χ0v) is 34.3. The van der Waals surface area contributed by atoms with Gasteiger partial charge in [0.15, 0.2) is 0 Å². The van der Waals surface area contributed by atoms with Gasteiger partial charge in [0.05, 0.1) is 73.0 Å². The summed E-state index contributed by atoms with van der Waals surface area (Å²) in [7, 11) is 2.58. The van der Waals surface area contributed by atoms with Crippen LogP contribution in [0.15, 0.2) is 61.1 Å². The average Bonchev–Trinajstić information content (AvgIpc) is 4.08. The highest BCUT2D eigenvalue weighted by Gasteiger charge is 2.38. The summed E-state index contributed by atoms with van der Waals surface area (Å²) in [6.45, 7) is 8.99. The summed E-state index contributed by atoms with van der Waals surface area (Å²) in [5.41, 5.74) is 6.57. The normalized spacial score (nSPS) is 17.7. The lowest BCUT2D eigenvalue weighted by Gasteiger charge is -2.30. The van der Waals surface area contributed by atoms with Crippen molar-refractivity contribution < 1.29 is 28.7 Å². The van der Waals surface area contributed by atoms with E-state index in [4.69, 9.17) is 19.4 Å². The molecule has 310 valence electrons. The van der Waals surface area contributed by atoms with Gasteiger partial charge in [-0.15, -0.1) is 0 Å². The molecule has 4 atom stereocenters. The fraction of sp³-hybridized carbons (Fsp3) is 0.442. The third kappa shape index (κ3) is 8.91. The van der Waals surface area contributed by atoms with Crippen molar-refractivity contribution in [2.24, 2.45) is 11.8 Å². The molecular formula is C43H52N10O6. The Bertz CT molecular complexity index is 2300. The number of hydrogen-bond donors (Lipinski definition) is 4. The summed E-state index contributed by atoms with van der Waals surface area (Å²) < 4.78 is 9.54. The summed E-state index contributed by atoms with van der Waals surface area (Å²) in [4.78, 5) is 80.7. The Morgan fingerprint density at radius 1 is 0.712 bits per heavy atom. The van der Waals surface area contributed by atoms with Gasteiger partial charge in [-0.1, -0.05) is 58.0 Å². The molecule has 2 aliphatic rings. The molecule has 3 aromatic heterocycles. The second-order valence-corrected chi connectivity index (χ2v) is 16.0. The standard InChI is InChI=1S/C43H52N10O6/c1-24(2)19-31(50-42(56)58-5)40(54)52-17-7-9-35(52)38-46-23-34(49-38)28-15-16-29-30(20-28)44-21-32(47-29)26-11-13-27(14-12-26)33-22-45-39(48-33)36-10-8-18-53(36)41(55)37(25(3)4)51-43(57)59-6/h11-16,20-25,31,35-37H,7-10,17-19H2,1-6H3,(H,45,48)(H,46,49)(H,50,56)(H,51,57)/t31-,35?,36+,37+/m1/s1. The highest BCUT2D eigenvalue weighted by molar-refractivity contribution is 5.87. The van der Waals surface area contributed by atoms with Crippen LogP contribution in [0.2, 0.25) is 0 Å². The predicted octanol–water partition coefficient (Wildman–Crippen LogP) is 6.56.